The second kappa shape index (κ2) is 7.97. The summed E-state index contributed by atoms with van der Waals surface area (Å²) in [7, 11) is 0. The predicted octanol–water partition coefficient (Wildman–Crippen LogP) is 4.38. The fourth-order valence-electron chi connectivity index (χ4n) is 5.27. The standard InChI is InChI=1S/C25H32O4/c1-24(2)12-18(26)22(19(27)13-24)17(11-10-16-8-6-5-7-9-16)23-20(28)14-25(3,4)15-21(23)29/h5-9,17,22-23H,10-15H2,1-4H3. The number of hydrogen-bond acceptors (Lipinski definition) is 4. The maximum absolute atomic E-state index is 13.0. The Morgan fingerprint density at radius 2 is 1.10 bits per heavy atom. The third-order valence-corrected chi connectivity index (χ3v) is 6.46. The van der Waals surface area contributed by atoms with Crippen LogP contribution in [0.25, 0.3) is 0 Å². The minimum atomic E-state index is -0.828. The van der Waals surface area contributed by atoms with Crippen LogP contribution in [0.2, 0.25) is 0 Å². The third kappa shape index (κ3) is 4.91. The Morgan fingerprint density at radius 3 is 1.48 bits per heavy atom. The molecule has 0 spiro atoms. The van der Waals surface area contributed by atoms with E-state index in [-0.39, 0.29) is 34.0 Å². The van der Waals surface area contributed by atoms with Gasteiger partial charge in [0.25, 0.3) is 0 Å². The van der Waals surface area contributed by atoms with Crippen molar-refractivity contribution in [2.75, 3.05) is 0 Å². The molecule has 2 saturated carbocycles. The van der Waals surface area contributed by atoms with Crippen LogP contribution in [0.5, 0.6) is 0 Å². The van der Waals surface area contributed by atoms with E-state index >= 15 is 0 Å². The second-order valence-corrected chi connectivity index (χ2v) is 10.5. The summed E-state index contributed by atoms with van der Waals surface area (Å²) < 4.78 is 0. The summed E-state index contributed by atoms with van der Waals surface area (Å²) in [5.41, 5.74) is 0.388. The first-order valence-corrected chi connectivity index (χ1v) is 10.6. The highest BCUT2D eigenvalue weighted by atomic mass is 16.2. The SMILES string of the molecule is CC1(C)CC(=O)C(C(CCc2ccccc2)C2C(=O)CC(C)(C)CC2=O)C(=O)C1. The zero-order valence-electron chi connectivity index (χ0n) is 18.0. The lowest BCUT2D eigenvalue weighted by Gasteiger charge is -2.41. The van der Waals surface area contributed by atoms with Gasteiger partial charge in [0.15, 0.2) is 0 Å². The lowest BCUT2D eigenvalue weighted by Crippen LogP contribution is -2.49. The molecule has 0 saturated heterocycles. The van der Waals surface area contributed by atoms with Crippen molar-refractivity contribution in [1.82, 2.24) is 0 Å². The average Bonchev–Trinajstić information content (AvgIpc) is 2.56. The van der Waals surface area contributed by atoms with Gasteiger partial charge in [0.2, 0.25) is 0 Å². The van der Waals surface area contributed by atoms with Crippen molar-refractivity contribution >= 4 is 23.1 Å². The highest BCUT2D eigenvalue weighted by molar-refractivity contribution is 6.09. The van der Waals surface area contributed by atoms with Crippen molar-refractivity contribution in [2.24, 2.45) is 28.6 Å². The van der Waals surface area contributed by atoms with E-state index in [2.05, 4.69) is 0 Å². The summed E-state index contributed by atoms with van der Waals surface area (Å²) in [4.78, 5) is 52.1. The number of carbonyl (C=O) groups excluding carboxylic acids is 4. The van der Waals surface area contributed by atoms with Gasteiger partial charge < -0.3 is 0 Å². The molecule has 1 aromatic rings. The predicted molar refractivity (Wildman–Crippen MR) is 111 cm³/mol. The van der Waals surface area contributed by atoms with E-state index in [0.29, 0.717) is 38.5 Å². The zero-order chi connectivity index (χ0) is 21.4. The number of carbonyl (C=O) groups is 4. The number of rotatable bonds is 5. The molecule has 1 aromatic carbocycles. The molecule has 0 heterocycles. The molecule has 4 nitrogen and oxygen atoms in total. The van der Waals surface area contributed by atoms with Crippen molar-refractivity contribution < 1.29 is 19.2 Å². The minimum Gasteiger partial charge on any atom is -0.299 e. The van der Waals surface area contributed by atoms with Crippen LogP contribution in [-0.2, 0) is 25.6 Å². The number of Topliss-reactive ketones (excluding diaryl/α,β-unsaturated/α-hetero) is 4. The van der Waals surface area contributed by atoms with Crippen molar-refractivity contribution in [3.05, 3.63) is 35.9 Å². The van der Waals surface area contributed by atoms with Gasteiger partial charge in [-0.2, -0.15) is 0 Å². The molecule has 0 aromatic heterocycles. The smallest absolute Gasteiger partial charge is 0.144 e. The lowest BCUT2D eigenvalue weighted by molar-refractivity contribution is -0.148. The monoisotopic (exact) mass is 396 g/mol. The van der Waals surface area contributed by atoms with Crippen LogP contribution in [-0.4, -0.2) is 23.1 Å². The molecule has 29 heavy (non-hydrogen) atoms. The number of aryl methyl sites for hydroxylation is 1. The Kier molecular flexibility index (Phi) is 5.93. The van der Waals surface area contributed by atoms with Gasteiger partial charge in [-0.3, -0.25) is 19.2 Å². The Labute approximate surface area is 173 Å². The molecule has 2 aliphatic rings. The normalized spacial score (nSPS) is 23.1. The first-order valence-electron chi connectivity index (χ1n) is 10.6. The minimum absolute atomic E-state index is 0.102. The van der Waals surface area contributed by atoms with E-state index < -0.39 is 17.8 Å². The molecule has 0 radical (unpaired) electrons. The summed E-state index contributed by atoms with van der Waals surface area (Å²) in [6.45, 7) is 7.71. The molecule has 0 atom stereocenters. The van der Waals surface area contributed by atoms with Crippen LogP contribution in [0.15, 0.2) is 30.3 Å². The number of benzene rings is 1. The quantitative estimate of drug-likeness (QED) is 0.693. The van der Waals surface area contributed by atoms with Crippen LogP contribution in [0.4, 0.5) is 0 Å². The maximum atomic E-state index is 13.0. The first kappa shape index (κ1) is 21.6. The molecule has 156 valence electrons. The summed E-state index contributed by atoms with van der Waals surface area (Å²) in [6.07, 6.45) is 2.44. The molecule has 4 heteroatoms. The number of ketones is 4. The van der Waals surface area contributed by atoms with Gasteiger partial charge in [-0.25, -0.2) is 0 Å². The maximum Gasteiger partial charge on any atom is 0.144 e. The fourth-order valence-corrected chi connectivity index (χ4v) is 5.27. The first-order chi connectivity index (χ1) is 13.5. The van der Waals surface area contributed by atoms with Gasteiger partial charge in [-0.15, -0.1) is 0 Å². The van der Waals surface area contributed by atoms with Gasteiger partial charge in [0.05, 0.1) is 11.8 Å². The molecular weight excluding hydrogens is 364 g/mol. The molecule has 2 aliphatic carbocycles. The van der Waals surface area contributed by atoms with E-state index in [0.717, 1.165) is 5.56 Å². The van der Waals surface area contributed by atoms with Crippen LogP contribution in [0, 0.1) is 28.6 Å². The van der Waals surface area contributed by atoms with Crippen molar-refractivity contribution in [3.8, 4) is 0 Å². The molecule has 3 rings (SSSR count). The molecule has 0 unspecified atom stereocenters. The Hall–Kier alpha value is -2.10. The summed E-state index contributed by atoms with van der Waals surface area (Å²) in [5, 5.41) is 0. The van der Waals surface area contributed by atoms with E-state index in [1.54, 1.807) is 0 Å². The Bertz CT molecular complexity index is 730. The topological polar surface area (TPSA) is 68.3 Å². The Balaban J connectivity index is 1.91. The summed E-state index contributed by atoms with van der Waals surface area (Å²) in [5.74, 6) is -2.59. The van der Waals surface area contributed by atoms with Gasteiger partial charge in [-0.1, -0.05) is 58.0 Å². The van der Waals surface area contributed by atoms with Gasteiger partial charge in [0, 0.05) is 25.7 Å². The van der Waals surface area contributed by atoms with Crippen LogP contribution in [0.1, 0.15) is 65.4 Å². The summed E-state index contributed by atoms with van der Waals surface area (Å²) in [6, 6.07) is 9.83. The third-order valence-electron chi connectivity index (χ3n) is 6.46. The molecule has 0 amide bonds. The largest absolute Gasteiger partial charge is 0.299 e. The fraction of sp³-hybridized carbons (Fsp3) is 0.600. The highest BCUT2D eigenvalue weighted by Gasteiger charge is 2.51. The molecular formula is C25H32O4. The molecule has 0 bridgehead atoms. The van der Waals surface area contributed by atoms with E-state index in [4.69, 9.17) is 0 Å². The van der Waals surface area contributed by atoms with Gasteiger partial charge in [-0.05, 0) is 35.2 Å². The van der Waals surface area contributed by atoms with Crippen molar-refractivity contribution in [3.63, 3.8) is 0 Å². The van der Waals surface area contributed by atoms with E-state index in [1.807, 2.05) is 58.0 Å². The van der Waals surface area contributed by atoms with Crippen LogP contribution < -0.4 is 0 Å². The van der Waals surface area contributed by atoms with Crippen LogP contribution >= 0.6 is 0 Å². The second-order valence-electron chi connectivity index (χ2n) is 10.5. The van der Waals surface area contributed by atoms with Crippen molar-refractivity contribution in [2.45, 2.75) is 66.2 Å². The van der Waals surface area contributed by atoms with Crippen LogP contribution in [0.3, 0.4) is 0 Å². The Morgan fingerprint density at radius 1 is 0.724 bits per heavy atom. The molecule has 2 fully saturated rings. The van der Waals surface area contributed by atoms with E-state index in [1.165, 1.54) is 0 Å². The molecule has 0 N–H and O–H groups in total. The van der Waals surface area contributed by atoms with Gasteiger partial charge >= 0.3 is 0 Å². The highest BCUT2D eigenvalue weighted by Crippen LogP contribution is 2.44. The average molecular weight is 397 g/mol. The zero-order valence-corrected chi connectivity index (χ0v) is 18.0. The summed E-state index contributed by atoms with van der Waals surface area (Å²) >= 11 is 0. The molecule has 0 aliphatic heterocycles. The van der Waals surface area contributed by atoms with Crippen molar-refractivity contribution in [1.29, 1.82) is 0 Å². The van der Waals surface area contributed by atoms with Gasteiger partial charge in [0.1, 0.15) is 23.1 Å². The number of hydrogen-bond donors (Lipinski definition) is 0. The lowest BCUT2D eigenvalue weighted by atomic mass is 9.60. The van der Waals surface area contributed by atoms with E-state index in [9.17, 15) is 19.2 Å².